The Bertz CT molecular complexity index is 1060. The highest BCUT2D eigenvalue weighted by molar-refractivity contribution is 5.88. The molecule has 2 N–H and O–H groups in total. The van der Waals surface area contributed by atoms with Crippen LogP contribution in [0.5, 0.6) is 0 Å². The summed E-state index contributed by atoms with van der Waals surface area (Å²) in [5.74, 6) is 0.186. The van der Waals surface area contributed by atoms with Gasteiger partial charge in [-0.05, 0) is 75.0 Å². The molecule has 0 aliphatic carbocycles. The van der Waals surface area contributed by atoms with E-state index in [1.165, 1.54) is 57.7 Å². The minimum absolute atomic E-state index is 0.0414. The number of nitrogens with zero attached hydrogens (tertiary/aromatic N) is 4. The van der Waals surface area contributed by atoms with Gasteiger partial charge in [0.15, 0.2) is 0 Å². The molecule has 3 saturated heterocycles. The second kappa shape index (κ2) is 14.1. The summed E-state index contributed by atoms with van der Waals surface area (Å²) in [4.78, 5) is 21.9. The Morgan fingerprint density at radius 2 is 1.73 bits per heavy atom. The lowest BCUT2D eigenvalue weighted by Gasteiger charge is -2.38. The molecule has 220 valence electrons. The van der Waals surface area contributed by atoms with E-state index in [1.54, 1.807) is 12.1 Å². The van der Waals surface area contributed by atoms with E-state index in [1.807, 2.05) is 12.1 Å². The highest BCUT2D eigenvalue weighted by Gasteiger charge is 2.32. The number of piperidine rings is 1. The molecule has 5 rings (SSSR count). The Hall–Kier alpha value is -2.89. The Kier molecular flexibility index (Phi) is 10.6. The molecule has 0 bridgehead atoms. The number of rotatable bonds is 6. The molecule has 2 aromatic rings. The summed E-state index contributed by atoms with van der Waals surface area (Å²) in [6, 6.07) is 11.2. The molecule has 3 aliphatic rings. The van der Waals surface area contributed by atoms with Gasteiger partial charge in [-0.2, -0.15) is 13.2 Å². The van der Waals surface area contributed by atoms with Gasteiger partial charge in [0.25, 0.3) is 0 Å². The maximum atomic E-state index is 12.4. The third-order valence-corrected chi connectivity index (χ3v) is 7.76. The summed E-state index contributed by atoms with van der Waals surface area (Å²) >= 11 is 0. The molecule has 11 heteroatoms. The first-order valence-corrected chi connectivity index (χ1v) is 14.0. The van der Waals surface area contributed by atoms with Crippen LogP contribution in [0.25, 0.3) is 0 Å². The molecule has 3 aliphatic heterocycles. The van der Waals surface area contributed by atoms with Gasteiger partial charge in [0.1, 0.15) is 11.5 Å². The number of aromatic carboxylic acids is 1. The van der Waals surface area contributed by atoms with Crippen LogP contribution in [0.2, 0.25) is 0 Å². The number of halogens is 3. The molecule has 40 heavy (non-hydrogen) atoms. The molecular formula is C29H40F3N5O3. The van der Waals surface area contributed by atoms with Crippen LogP contribution in [0.4, 0.5) is 24.7 Å². The van der Waals surface area contributed by atoms with E-state index in [2.05, 4.69) is 32.0 Å². The summed E-state index contributed by atoms with van der Waals surface area (Å²) in [7, 11) is 2.20. The number of hydrogen-bond acceptors (Lipinski definition) is 7. The van der Waals surface area contributed by atoms with E-state index in [0.717, 1.165) is 43.6 Å². The molecule has 0 spiro atoms. The summed E-state index contributed by atoms with van der Waals surface area (Å²) < 4.78 is 42.5. The van der Waals surface area contributed by atoms with Crippen LogP contribution in [-0.2, 0) is 10.9 Å². The number of aromatic nitrogens is 1. The van der Waals surface area contributed by atoms with Crippen molar-refractivity contribution in [1.82, 2.24) is 14.8 Å². The van der Waals surface area contributed by atoms with Crippen LogP contribution in [0, 0.1) is 5.92 Å². The number of piperazine rings is 1. The number of carbonyl (C=O) groups is 1. The number of alkyl halides is 3. The number of anilines is 2. The Balaban J connectivity index is 0.000000194. The predicted molar refractivity (Wildman–Crippen MR) is 149 cm³/mol. The third kappa shape index (κ3) is 9.07. The van der Waals surface area contributed by atoms with Crippen molar-refractivity contribution < 1.29 is 27.8 Å². The number of ether oxygens (including phenoxy) is 1. The quantitative estimate of drug-likeness (QED) is 0.531. The van der Waals surface area contributed by atoms with E-state index >= 15 is 0 Å². The smallest absolute Gasteiger partial charge is 0.433 e. The first-order chi connectivity index (χ1) is 19.2. The van der Waals surface area contributed by atoms with E-state index in [4.69, 9.17) is 9.84 Å². The fourth-order valence-electron chi connectivity index (χ4n) is 5.32. The van der Waals surface area contributed by atoms with Crippen LogP contribution in [0.1, 0.15) is 41.7 Å². The molecule has 0 amide bonds. The first-order valence-electron chi connectivity index (χ1n) is 14.0. The number of carboxylic acids is 1. The zero-order valence-corrected chi connectivity index (χ0v) is 23.1. The maximum absolute atomic E-state index is 12.4. The number of hydrogen-bond donors (Lipinski definition) is 2. The Morgan fingerprint density at radius 3 is 2.33 bits per heavy atom. The van der Waals surface area contributed by atoms with Crippen molar-refractivity contribution in [2.24, 2.45) is 5.92 Å². The lowest BCUT2D eigenvalue weighted by Crippen LogP contribution is -2.47. The molecule has 0 saturated carbocycles. The standard InChI is InChI=1S/C18H27N3O2.C11H13F3N2O/c1-19-10-12-20(13-11-19)14-15-6-8-21(9-7-15)17-4-2-16(3-5-17)18(22)23;12-11(13,14)9-4-1-5-10(16-9)15-8-3-2-6-17-7-8/h2-5,15H,6-14H2,1H3,(H,22,23);1,4-5,8H,2-3,6-7H2,(H,15,16). The highest BCUT2D eigenvalue weighted by Crippen LogP contribution is 2.28. The fraction of sp³-hybridized carbons (Fsp3) is 0.586. The van der Waals surface area contributed by atoms with E-state index in [-0.39, 0.29) is 11.9 Å². The van der Waals surface area contributed by atoms with Crippen molar-refractivity contribution in [3.05, 3.63) is 53.7 Å². The zero-order chi connectivity index (χ0) is 28.5. The van der Waals surface area contributed by atoms with Crippen molar-refractivity contribution in [2.75, 3.05) is 76.3 Å². The highest BCUT2D eigenvalue weighted by atomic mass is 19.4. The normalized spacial score (nSPS) is 21.4. The molecule has 1 atom stereocenters. The van der Waals surface area contributed by atoms with Crippen molar-refractivity contribution >= 4 is 17.5 Å². The molecule has 8 nitrogen and oxygen atoms in total. The van der Waals surface area contributed by atoms with Crippen molar-refractivity contribution in [3.63, 3.8) is 0 Å². The van der Waals surface area contributed by atoms with Gasteiger partial charge in [0.2, 0.25) is 0 Å². The molecular weight excluding hydrogens is 523 g/mol. The molecule has 3 fully saturated rings. The van der Waals surface area contributed by atoms with Crippen LogP contribution >= 0.6 is 0 Å². The summed E-state index contributed by atoms with van der Waals surface area (Å²) in [5.41, 5.74) is 0.631. The zero-order valence-electron chi connectivity index (χ0n) is 23.1. The molecule has 0 radical (unpaired) electrons. The molecule has 4 heterocycles. The first kappa shape index (κ1) is 30.1. The molecule has 1 unspecified atom stereocenters. The van der Waals surface area contributed by atoms with Gasteiger partial charge in [-0.1, -0.05) is 6.07 Å². The van der Waals surface area contributed by atoms with E-state index in [9.17, 15) is 18.0 Å². The van der Waals surface area contributed by atoms with Crippen molar-refractivity contribution in [3.8, 4) is 0 Å². The molecule has 1 aromatic heterocycles. The maximum Gasteiger partial charge on any atom is 0.433 e. The van der Waals surface area contributed by atoms with Gasteiger partial charge in [0.05, 0.1) is 18.2 Å². The number of benzene rings is 1. The Morgan fingerprint density at radius 1 is 1.02 bits per heavy atom. The minimum atomic E-state index is -4.40. The van der Waals surface area contributed by atoms with Crippen LogP contribution in [0.3, 0.4) is 0 Å². The second-order valence-electron chi connectivity index (χ2n) is 10.9. The topological polar surface area (TPSA) is 81.2 Å². The summed E-state index contributed by atoms with van der Waals surface area (Å²) in [5, 5.41) is 11.9. The third-order valence-electron chi connectivity index (χ3n) is 7.76. The van der Waals surface area contributed by atoms with E-state index in [0.29, 0.717) is 18.8 Å². The predicted octanol–water partition coefficient (Wildman–Crippen LogP) is 4.54. The van der Waals surface area contributed by atoms with Gasteiger partial charge in [0, 0.05) is 58.1 Å². The summed E-state index contributed by atoms with van der Waals surface area (Å²) in [6.45, 7) is 9.39. The monoisotopic (exact) mass is 563 g/mol. The average Bonchev–Trinajstić information content (AvgIpc) is 2.95. The number of pyridine rings is 1. The lowest BCUT2D eigenvalue weighted by molar-refractivity contribution is -0.141. The van der Waals surface area contributed by atoms with Crippen LogP contribution < -0.4 is 10.2 Å². The lowest BCUT2D eigenvalue weighted by atomic mass is 9.95. The number of nitrogens with one attached hydrogen (secondary N) is 1. The van der Waals surface area contributed by atoms with Gasteiger partial charge < -0.3 is 29.9 Å². The van der Waals surface area contributed by atoms with Gasteiger partial charge >= 0.3 is 12.1 Å². The minimum Gasteiger partial charge on any atom is -0.478 e. The SMILES string of the molecule is CN1CCN(CC2CCN(c3ccc(C(=O)O)cc3)CC2)CC1.FC(F)(F)c1cccc(NC2CCCOC2)n1. The summed E-state index contributed by atoms with van der Waals surface area (Å²) in [6.07, 6.45) is -0.144. The largest absolute Gasteiger partial charge is 0.478 e. The van der Waals surface area contributed by atoms with Crippen LogP contribution in [-0.4, -0.2) is 98.0 Å². The van der Waals surface area contributed by atoms with Crippen molar-refractivity contribution in [2.45, 2.75) is 37.9 Å². The average molecular weight is 564 g/mol. The number of carboxylic acid groups (broad SMARTS) is 1. The number of likely N-dealkylation sites (N-methyl/N-ethyl adjacent to an activating group) is 1. The van der Waals surface area contributed by atoms with E-state index < -0.39 is 17.8 Å². The van der Waals surface area contributed by atoms with Crippen LogP contribution in [0.15, 0.2) is 42.5 Å². The second-order valence-corrected chi connectivity index (χ2v) is 10.9. The van der Waals surface area contributed by atoms with Gasteiger partial charge in [-0.15, -0.1) is 0 Å². The fourth-order valence-corrected chi connectivity index (χ4v) is 5.32. The van der Waals surface area contributed by atoms with Gasteiger partial charge in [-0.25, -0.2) is 9.78 Å². The molecule has 1 aromatic carbocycles. The van der Waals surface area contributed by atoms with Gasteiger partial charge in [-0.3, -0.25) is 0 Å². The van der Waals surface area contributed by atoms with Crippen molar-refractivity contribution in [1.29, 1.82) is 0 Å². The Labute approximate surface area is 234 Å².